The second-order valence-electron chi connectivity index (χ2n) is 6.06. The molecule has 0 aliphatic carbocycles. The largest absolute Gasteiger partial charge is 0.416 e. The highest BCUT2D eigenvalue weighted by Crippen LogP contribution is 2.31. The van der Waals surface area contributed by atoms with E-state index < -0.39 is 22.0 Å². The zero-order valence-electron chi connectivity index (χ0n) is 15.8. The zero-order valence-corrected chi connectivity index (χ0v) is 16.6. The van der Waals surface area contributed by atoms with E-state index in [-0.39, 0.29) is 42.2 Å². The van der Waals surface area contributed by atoms with Crippen molar-refractivity contribution < 1.29 is 35.6 Å². The third-order valence-electron chi connectivity index (χ3n) is 3.25. The summed E-state index contributed by atoms with van der Waals surface area (Å²) in [5.41, 5.74) is 0.517. The van der Waals surface area contributed by atoms with E-state index in [0.717, 1.165) is 18.2 Å². The number of rotatable bonds is 9. The van der Waals surface area contributed by atoms with Crippen LogP contribution in [0, 0.1) is 0 Å². The number of hydroxylamine groups is 1. The predicted molar refractivity (Wildman–Crippen MR) is 98.5 cm³/mol. The van der Waals surface area contributed by atoms with Crippen LogP contribution in [-0.4, -0.2) is 49.0 Å². The Morgan fingerprint density at radius 1 is 1.33 bits per heavy atom. The standard InChI is InChI=1S/C15H19F3N6O5S/c1-9(2)24-30(26,27)28-7-6-19-13-12(22-29-23-13)14(21-25)20-11-5-3-4-10(8-11)15(16,17)18/h3-5,8-9,24-25H,6-7H2,1-2H3,(H,19,23)(H,20,21). The molecule has 0 unspecified atom stereocenters. The summed E-state index contributed by atoms with van der Waals surface area (Å²) in [4.78, 5) is 3.87. The van der Waals surface area contributed by atoms with E-state index in [1.807, 2.05) is 0 Å². The molecule has 0 saturated carbocycles. The van der Waals surface area contributed by atoms with Gasteiger partial charge in [-0.2, -0.15) is 26.3 Å². The molecule has 30 heavy (non-hydrogen) atoms. The van der Waals surface area contributed by atoms with Crippen LogP contribution in [0.3, 0.4) is 0 Å². The van der Waals surface area contributed by atoms with Crippen molar-refractivity contribution >= 4 is 27.6 Å². The highest BCUT2D eigenvalue weighted by molar-refractivity contribution is 7.84. The summed E-state index contributed by atoms with van der Waals surface area (Å²) in [5.74, 6) is -0.409. The number of anilines is 1. The quantitative estimate of drug-likeness (QED) is 0.193. The molecular weight excluding hydrogens is 433 g/mol. The molecule has 0 fully saturated rings. The molecule has 1 heterocycles. The Hall–Kier alpha value is -2.75. The number of aromatic nitrogens is 2. The van der Waals surface area contributed by atoms with Crippen molar-refractivity contribution in [3.05, 3.63) is 35.5 Å². The van der Waals surface area contributed by atoms with Crippen molar-refractivity contribution in [2.75, 3.05) is 18.5 Å². The van der Waals surface area contributed by atoms with Crippen molar-refractivity contribution in [2.24, 2.45) is 4.99 Å². The minimum absolute atomic E-state index is 0.0531. The fourth-order valence-electron chi connectivity index (χ4n) is 2.12. The van der Waals surface area contributed by atoms with Gasteiger partial charge in [0.2, 0.25) is 5.82 Å². The number of hydrogen-bond acceptors (Lipinski definition) is 9. The van der Waals surface area contributed by atoms with Gasteiger partial charge in [-0.1, -0.05) is 6.07 Å². The van der Waals surface area contributed by atoms with Crippen molar-refractivity contribution in [3.8, 4) is 0 Å². The van der Waals surface area contributed by atoms with Crippen LogP contribution < -0.4 is 15.5 Å². The first kappa shape index (κ1) is 23.5. The van der Waals surface area contributed by atoms with E-state index in [1.165, 1.54) is 6.07 Å². The van der Waals surface area contributed by atoms with Crippen molar-refractivity contribution in [1.82, 2.24) is 20.5 Å². The average Bonchev–Trinajstić information content (AvgIpc) is 3.10. The Kier molecular flexibility index (Phi) is 7.71. The monoisotopic (exact) mass is 452 g/mol. The van der Waals surface area contributed by atoms with E-state index in [4.69, 9.17) is 4.18 Å². The van der Waals surface area contributed by atoms with Gasteiger partial charge in [0.05, 0.1) is 17.9 Å². The highest BCUT2D eigenvalue weighted by Gasteiger charge is 2.30. The number of nitrogens with zero attached hydrogens (tertiary/aromatic N) is 3. The summed E-state index contributed by atoms with van der Waals surface area (Å²) >= 11 is 0. The normalized spacial score (nSPS) is 13.0. The summed E-state index contributed by atoms with van der Waals surface area (Å²) in [5, 5.41) is 19.0. The Labute approximate surface area is 169 Å². The number of benzene rings is 1. The van der Waals surface area contributed by atoms with Crippen LogP contribution in [0.5, 0.6) is 0 Å². The van der Waals surface area contributed by atoms with Crippen LogP contribution in [0.2, 0.25) is 0 Å². The molecule has 2 aromatic rings. The molecular formula is C15H19F3N6O5S. The smallest absolute Gasteiger partial charge is 0.363 e. The summed E-state index contributed by atoms with van der Waals surface area (Å²) in [6.45, 7) is 2.92. The van der Waals surface area contributed by atoms with E-state index in [2.05, 4.69) is 30.0 Å². The van der Waals surface area contributed by atoms with Crippen LogP contribution in [-0.2, 0) is 20.7 Å². The predicted octanol–water partition coefficient (Wildman–Crippen LogP) is 1.82. The van der Waals surface area contributed by atoms with Crippen molar-refractivity contribution in [3.63, 3.8) is 0 Å². The summed E-state index contributed by atoms with van der Waals surface area (Å²) in [7, 11) is -3.93. The van der Waals surface area contributed by atoms with Gasteiger partial charge in [0.15, 0.2) is 11.5 Å². The Morgan fingerprint density at radius 3 is 2.70 bits per heavy atom. The van der Waals surface area contributed by atoms with Gasteiger partial charge >= 0.3 is 16.5 Å². The van der Waals surface area contributed by atoms with Crippen LogP contribution >= 0.6 is 0 Å². The summed E-state index contributed by atoms with van der Waals surface area (Å²) < 4.78 is 73.1. The minimum Gasteiger partial charge on any atom is -0.363 e. The molecule has 1 aromatic carbocycles. The number of halogens is 3. The van der Waals surface area contributed by atoms with E-state index in [9.17, 15) is 26.8 Å². The SMILES string of the molecule is CC(C)NS(=O)(=O)OCCNc1nonc1C(=Nc1cccc(C(F)(F)F)c1)NO. The third-order valence-corrected chi connectivity index (χ3v) is 4.48. The molecule has 0 aliphatic rings. The first-order chi connectivity index (χ1) is 14.0. The van der Waals surface area contributed by atoms with Crippen molar-refractivity contribution in [2.45, 2.75) is 26.1 Å². The second-order valence-corrected chi connectivity index (χ2v) is 7.44. The lowest BCUT2D eigenvalue weighted by Crippen LogP contribution is -2.33. The fraction of sp³-hybridized carbons (Fsp3) is 0.400. The Bertz CT molecular complexity index is 977. The van der Waals surface area contributed by atoms with Gasteiger partial charge in [-0.05, 0) is 42.4 Å². The number of aliphatic imine (C=N–C) groups is 1. The number of hydrogen-bond donors (Lipinski definition) is 4. The zero-order chi connectivity index (χ0) is 22.4. The van der Waals surface area contributed by atoms with Crippen LogP contribution in [0.15, 0.2) is 33.9 Å². The number of nitrogens with one attached hydrogen (secondary N) is 3. The molecule has 15 heteroatoms. The van der Waals surface area contributed by atoms with Crippen molar-refractivity contribution in [1.29, 1.82) is 0 Å². The third kappa shape index (κ3) is 6.94. The summed E-state index contributed by atoms with van der Waals surface area (Å²) in [6.07, 6.45) is -4.56. The molecule has 11 nitrogen and oxygen atoms in total. The minimum atomic E-state index is -4.56. The molecule has 4 N–H and O–H groups in total. The van der Waals surface area contributed by atoms with Crippen LogP contribution in [0.1, 0.15) is 25.1 Å². The molecule has 2 rings (SSSR count). The Balaban J connectivity index is 2.10. The maximum absolute atomic E-state index is 12.8. The maximum atomic E-state index is 12.8. The van der Waals surface area contributed by atoms with E-state index >= 15 is 0 Å². The summed E-state index contributed by atoms with van der Waals surface area (Å²) in [6, 6.07) is 3.74. The number of alkyl halides is 3. The van der Waals surface area contributed by atoms with Gasteiger partial charge in [0.1, 0.15) is 0 Å². The number of amidine groups is 1. The van der Waals surface area contributed by atoms with Gasteiger partial charge in [-0.3, -0.25) is 14.9 Å². The molecule has 0 aliphatic heterocycles. The van der Waals surface area contributed by atoms with Crippen LogP contribution in [0.4, 0.5) is 24.7 Å². The molecule has 0 bridgehead atoms. The first-order valence-corrected chi connectivity index (χ1v) is 9.82. The van der Waals surface area contributed by atoms with Crippen LogP contribution in [0.25, 0.3) is 0 Å². The molecule has 0 radical (unpaired) electrons. The van der Waals surface area contributed by atoms with Gasteiger partial charge in [0, 0.05) is 12.6 Å². The molecule has 1 aromatic heterocycles. The van der Waals surface area contributed by atoms with Gasteiger partial charge in [-0.25, -0.2) is 9.62 Å². The van der Waals surface area contributed by atoms with Gasteiger partial charge < -0.3 is 5.32 Å². The lowest BCUT2D eigenvalue weighted by molar-refractivity contribution is -0.137. The molecule has 0 amide bonds. The topological polar surface area (TPSA) is 151 Å². The lowest BCUT2D eigenvalue weighted by atomic mass is 10.2. The molecule has 0 spiro atoms. The van der Waals surface area contributed by atoms with Gasteiger partial charge in [-0.15, -0.1) is 0 Å². The second kappa shape index (κ2) is 9.84. The first-order valence-electron chi connectivity index (χ1n) is 8.41. The van der Waals surface area contributed by atoms with E-state index in [1.54, 1.807) is 19.3 Å². The Morgan fingerprint density at radius 2 is 2.07 bits per heavy atom. The van der Waals surface area contributed by atoms with Gasteiger partial charge in [0.25, 0.3) is 0 Å². The molecule has 166 valence electrons. The average molecular weight is 452 g/mol. The maximum Gasteiger partial charge on any atom is 0.416 e. The molecule has 0 atom stereocenters. The molecule has 0 saturated heterocycles. The highest BCUT2D eigenvalue weighted by atomic mass is 32.2. The lowest BCUT2D eigenvalue weighted by Gasteiger charge is -2.10. The van der Waals surface area contributed by atoms with E-state index in [0.29, 0.717) is 0 Å². The fourth-order valence-corrected chi connectivity index (χ4v) is 3.06.